The Balaban J connectivity index is 1.75. The maximum absolute atomic E-state index is 11.9. The van der Waals surface area contributed by atoms with Gasteiger partial charge in [-0.1, -0.05) is 26.0 Å². The zero-order valence-corrected chi connectivity index (χ0v) is 12.8. The zero-order valence-electron chi connectivity index (χ0n) is 12.8. The molecule has 1 aromatic carbocycles. The summed E-state index contributed by atoms with van der Waals surface area (Å²) < 4.78 is 0. The molecule has 1 aliphatic carbocycles. The Morgan fingerprint density at radius 1 is 1.25 bits per heavy atom. The van der Waals surface area contributed by atoms with Gasteiger partial charge in [-0.25, -0.2) is 0 Å². The van der Waals surface area contributed by atoms with Crippen LogP contribution in [0.1, 0.15) is 38.7 Å². The normalized spacial score (nSPS) is 26.2. The summed E-state index contributed by atoms with van der Waals surface area (Å²) in [5, 5.41) is 6.34. The SMILES string of the molecule is Cc1cccc(NC(=O)CNC2CCC(C)C(C)C2)c1. The van der Waals surface area contributed by atoms with E-state index in [9.17, 15) is 4.79 Å². The average Bonchev–Trinajstić information content (AvgIpc) is 2.40. The van der Waals surface area contributed by atoms with Gasteiger partial charge in [0.1, 0.15) is 0 Å². The highest BCUT2D eigenvalue weighted by Gasteiger charge is 2.24. The molecule has 0 heterocycles. The molecule has 1 amide bonds. The number of benzene rings is 1. The van der Waals surface area contributed by atoms with Crippen molar-refractivity contribution >= 4 is 11.6 Å². The molecule has 0 aliphatic heterocycles. The molecule has 110 valence electrons. The van der Waals surface area contributed by atoms with Gasteiger partial charge in [-0.2, -0.15) is 0 Å². The van der Waals surface area contributed by atoms with E-state index in [1.165, 1.54) is 19.3 Å². The van der Waals surface area contributed by atoms with Gasteiger partial charge in [0.25, 0.3) is 0 Å². The smallest absolute Gasteiger partial charge is 0.238 e. The second kappa shape index (κ2) is 6.89. The van der Waals surface area contributed by atoms with E-state index in [2.05, 4.69) is 24.5 Å². The Morgan fingerprint density at radius 3 is 2.75 bits per heavy atom. The summed E-state index contributed by atoms with van der Waals surface area (Å²) in [7, 11) is 0. The topological polar surface area (TPSA) is 41.1 Å². The summed E-state index contributed by atoms with van der Waals surface area (Å²) >= 11 is 0. The number of rotatable bonds is 4. The van der Waals surface area contributed by atoms with E-state index in [-0.39, 0.29) is 5.91 Å². The van der Waals surface area contributed by atoms with E-state index in [0.717, 1.165) is 23.1 Å². The maximum Gasteiger partial charge on any atom is 0.238 e. The fraction of sp³-hybridized carbons (Fsp3) is 0.588. The molecule has 1 fully saturated rings. The Kier molecular flexibility index (Phi) is 5.18. The van der Waals surface area contributed by atoms with Crippen molar-refractivity contribution in [1.29, 1.82) is 0 Å². The number of aryl methyl sites for hydroxylation is 1. The van der Waals surface area contributed by atoms with Crippen LogP contribution in [0.15, 0.2) is 24.3 Å². The van der Waals surface area contributed by atoms with Crippen LogP contribution in [0.25, 0.3) is 0 Å². The summed E-state index contributed by atoms with van der Waals surface area (Å²) in [5.41, 5.74) is 2.04. The number of anilines is 1. The van der Waals surface area contributed by atoms with Crippen molar-refractivity contribution in [3.63, 3.8) is 0 Å². The molecule has 2 N–H and O–H groups in total. The molecule has 0 spiro atoms. The van der Waals surface area contributed by atoms with Crippen LogP contribution in [0.3, 0.4) is 0 Å². The minimum atomic E-state index is 0.0434. The first-order valence-electron chi connectivity index (χ1n) is 7.64. The molecule has 20 heavy (non-hydrogen) atoms. The lowest BCUT2D eigenvalue weighted by Crippen LogP contribution is -2.40. The molecule has 3 heteroatoms. The second-order valence-corrected chi connectivity index (χ2v) is 6.26. The molecule has 3 unspecified atom stereocenters. The third-order valence-electron chi connectivity index (χ3n) is 4.45. The molecule has 1 aliphatic rings. The van der Waals surface area contributed by atoms with Gasteiger partial charge in [-0.05, 0) is 55.7 Å². The van der Waals surface area contributed by atoms with Gasteiger partial charge in [0.2, 0.25) is 5.91 Å². The number of hydrogen-bond acceptors (Lipinski definition) is 2. The van der Waals surface area contributed by atoms with E-state index in [4.69, 9.17) is 0 Å². The first kappa shape index (κ1) is 15.0. The van der Waals surface area contributed by atoms with Gasteiger partial charge in [-0.3, -0.25) is 4.79 Å². The standard InChI is InChI=1S/C17H26N2O/c1-12-5-4-6-16(9-12)19-17(20)11-18-15-8-7-13(2)14(3)10-15/h4-6,9,13-15,18H,7-8,10-11H2,1-3H3,(H,19,20). The van der Waals surface area contributed by atoms with E-state index < -0.39 is 0 Å². The number of carbonyl (C=O) groups is 1. The Morgan fingerprint density at radius 2 is 2.05 bits per heavy atom. The van der Waals surface area contributed by atoms with Crippen molar-refractivity contribution < 1.29 is 4.79 Å². The minimum absolute atomic E-state index is 0.0434. The van der Waals surface area contributed by atoms with Gasteiger partial charge in [0.05, 0.1) is 6.54 Å². The number of hydrogen-bond donors (Lipinski definition) is 2. The number of amides is 1. The highest BCUT2D eigenvalue weighted by atomic mass is 16.1. The molecule has 0 saturated heterocycles. The highest BCUT2D eigenvalue weighted by molar-refractivity contribution is 5.92. The summed E-state index contributed by atoms with van der Waals surface area (Å²) in [4.78, 5) is 11.9. The van der Waals surface area contributed by atoms with Crippen LogP contribution in [0.2, 0.25) is 0 Å². The Hall–Kier alpha value is -1.35. The third kappa shape index (κ3) is 4.34. The van der Waals surface area contributed by atoms with E-state index >= 15 is 0 Å². The molecule has 1 aromatic rings. The van der Waals surface area contributed by atoms with Gasteiger partial charge in [-0.15, -0.1) is 0 Å². The molecule has 2 rings (SSSR count). The highest BCUT2D eigenvalue weighted by Crippen LogP contribution is 2.29. The van der Waals surface area contributed by atoms with E-state index in [1.807, 2.05) is 31.2 Å². The first-order chi connectivity index (χ1) is 9.54. The fourth-order valence-corrected chi connectivity index (χ4v) is 2.90. The lowest BCUT2D eigenvalue weighted by atomic mass is 9.79. The summed E-state index contributed by atoms with van der Waals surface area (Å²) in [6.45, 7) is 7.06. The van der Waals surface area contributed by atoms with Crippen LogP contribution < -0.4 is 10.6 Å². The van der Waals surface area contributed by atoms with E-state index in [0.29, 0.717) is 12.6 Å². The molecule has 3 nitrogen and oxygen atoms in total. The second-order valence-electron chi connectivity index (χ2n) is 6.26. The van der Waals surface area contributed by atoms with Crippen LogP contribution in [0, 0.1) is 18.8 Å². The van der Waals surface area contributed by atoms with Gasteiger partial charge in [0.15, 0.2) is 0 Å². The molecule has 3 atom stereocenters. The van der Waals surface area contributed by atoms with Crippen LogP contribution >= 0.6 is 0 Å². The number of carbonyl (C=O) groups excluding carboxylic acids is 1. The van der Waals surface area contributed by atoms with Crippen molar-refractivity contribution in [1.82, 2.24) is 5.32 Å². The average molecular weight is 274 g/mol. The van der Waals surface area contributed by atoms with Crippen molar-refractivity contribution in [2.75, 3.05) is 11.9 Å². The predicted molar refractivity (Wildman–Crippen MR) is 83.8 cm³/mol. The van der Waals surface area contributed by atoms with Crippen molar-refractivity contribution in [2.45, 2.75) is 46.1 Å². The van der Waals surface area contributed by atoms with Crippen LogP contribution in [-0.4, -0.2) is 18.5 Å². The van der Waals surface area contributed by atoms with E-state index in [1.54, 1.807) is 0 Å². The van der Waals surface area contributed by atoms with Crippen LogP contribution in [-0.2, 0) is 4.79 Å². The Bertz CT molecular complexity index is 458. The fourth-order valence-electron chi connectivity index (χ4n) is 2.90. The minimum Gasteiger partial charge on any atom is -0.325 e. The first-order valence-corrected chi connectivity index (χ1v) is 7.64. The summed E-state index contributed by atoms with van der Waals surface area (Å²) in [5.74, 6) is 1.61. The monoisotopic (exact) mass is 274 g/mol. The zero-order chi connectivity index (χ0) is 14.5. The summed E-state index contributed by atoms with van der Waals surface area (Å²) in [6.07, 6.45) is 3.63. The van der Waals surface area contributed by atoms with Crippen molar-refractivity contribution in [3.05, 3.63) is 29.8 Å². The largest absolute Gasteiger partial charge is 0.325 e. The molecule has 0 radical (unpaired) electrons. The van der Waals surface area contributed by atoms with Gasteiger partial charge in [0, 0.05) is 11.7 Å². The van der Waals surface area contributed by atoms with Crippen LogP contribution in [0.5, 0.6) is 0 Å². The van der Waals surface area contributed by atoms with Crippen molar-refractivity contribution in [2.24, 2.45) is 11.8 Å². The number of nitrogens with one attached hydrogen (secondary N) is 2. The van der Waals surface area contributed by atoms with Crippen LogP contribution in [0.4, 0.5) is 5.69 Å². The van der Waals surface area contributed by atoms with Gasteiger partial charge >= 0.3 is 0 Å². The third-order valence-corrected chi connectivity index (χ3v) is 4.45. The Labute approximate surface area is 122 Å². The van der Waals surface area contributed by atoms with Gasteiger partial charge < -0.3 is 10.6 Å². The molecular weight excluding hydrogens is 248 g/mol. The molecular formula is C17H26N2O. The predicted octanol–water partition coefficient (Wildman–Crippen LogP) is 3.35. The quantitative estimate of drug-likeness (QED) is 0.884. The summed E-state index contributed by atoms with van der Waals surface area (Å²) in [6, 6.07) is 8.39. The lowest BCUT2D eigenvalue weighted by molar-refractivity contribution is -0.115. The molecule has 0 aromatic heterocycles. The maximum atomic E-state index is 11.9. The lowest BCUT2D eigenvalue weighted by Gasteiger charge is -2.32. The van der Waals surface area contributed by atoms with Crippen molar-refractivity contribution in [3.8, 4) is 0 Å². The molecule has 1 saturated carbocycles. The molecule has 0 bridgehead atoms.